The number of hydrogen-bond donors (Lipinski definition) is 2. The lowest BCUT2D eigenvalue weighted by atomic mass is 10.1. The Labute approximate surface area is 109 Å². The van der Waals surface area contributed by atoms with Gasteiger partial charge < -0.3 is 15.5 Å². The monoisotopic (exact) mass is 249 g/mol. The van der Waals surface area contributed by atoms with Gasteiger partial charge in [0.05, 0.1) is 6.54 Å². The van der Waals surface area contributed by atoms with E-state index in [1.807, 2.05) is 39.2 Å². The van der Waals surface area contributed by atoms with E-state index in [4.69, 9.17) is 0 Å². The van der Waals surface area contributed by atoms with E-state index in [2.05, 4.69) is 22.5 Å². The smallest absolute Gasteiger partial charge is 0.238 e. The fraction of sp³-hybridized carbons (Fsp3) is 0.500. The molecule has 0 saturated heterocycles. The highest BCUT2D eigenvalue weighted by molar-refractivity contribution is 5.92. The van der Waals surface area contributed by atoms with E-state index in [9.17, 15) is 4.79 Å². The predicted octanol–water partition coefficient (Wildman–Crippen LogP) is 1.39. The maximum Gasteiger partial charge on any atom is 0.238 e. The van der Waals surface area contributed by atoms with Gasteiger partial charge in [0.2, 0.25) is 5.91 Å². The van der Waals surface area contributed by atoms with Gasteiger partial charge in [0.1, 0.15) is 0 Å². The first-order valence-electron chi connectivity index (χ1n) is 6.21. The first-order chi connectivity index (χ1) is 8.49. The van der Waals surface area contributed by atoms with Crippen LogP contribution in [0.2, 0.25) is 0 Å². The van der Waals surface area contributed by atoms with Crippen LogP contribution in [-0.2, 0) is 4.79 Å². The standard InChI is InChI=1S/C14H23N3O/c1-11-5-6-13(9-12(11)2)16-14(18)10-15-7-8-17(3)4/h5-6,9,15H,7-8,10H2,1-4H3,(H,16,18). The molecule has 0 saturated carbocycles. The molecule has 4 heteroatoms. The minimum absolute atomic E-state index is 0.00277. The molecule has 0 radical (unpaired) electrons. The number of likely N-dealkylation sites (N-methyl/N-ethyl adjacent to an activating group) is 1. The number of hydrogen-bond acceptors (Lipinski definition) is 3. The molecule has 0 heterocycles. The third-order valence-electron chi connectivity index (χ3n) is 2.81. The van der Waals surface area contributed by atoms with Crippen LogP contribution in [0.15, 0.2) is 18.2 Å². The molecule has 2 N–H and O–H groups in total. The van der Waals surface area contributed by atoms with Crippen molar-refractivity contribution in [2.24, 2.45) is 0 Å². The first kappa shape index (κ1) is 14.7. The Morgan fingerprint density at radius 2 is 1.94 bits per heavy atom. The van der Waals surface area contributed by atoms with Crippen molar-refractivity contribution in [1.82, 2.24) is 10.2 Å². The van der Waals surface area contributed by atoms with E-state index in [0.717, 1.165) is 18.8 Å². The molecule has 1 amide bonds. The van der Waals surface area contributed by atoms with Crippen LogP contribution in [0, 0.1) is 13.8 Å². The summed E-state index contributed by atoms with van der Waals surface area (Å²) in [6.45, 7) is 6.19. The third kappa shape index (κ3) is 5.29. The van der Waals surface area contributed by atoms with Crippen molar-refractivity contribution in [1.29, 1.82) is 0 Å². The summed E-state index contributed by atoms with van der Waals surface area (Å²) in [5, 5.41) is 5.99. The molecule has 1 rings (SSSR count). The van der Waals surface area contributed by atoms with Crippen molar-refractivity contribution < 1.29 is 4.79 Å². The average Bonchev–Trinajstić information content (AvgIpc) is 2.29. The molecule has 4 nitrogen and oxygen atoms in total. The number of aryl methyl sites for hydroxylation is 2. The van der Waals surface area contributed by atoms with E-state index in [1.54, 1.807) is 0 Å². The zero-order chi connectivity index (χ0) is 13.5. The van der Waals surface area contributed by atoms with Crippen molar-refractivity contribution in [2.75, 3.05) is 39.0 Å². The largest absolute Gasteiger partial charge is 0.325 e. The fourth-order valence-corrected chi connectivity index (χ4v) is 1.53. The molecule has 0 fully saturated rings. The Balaban J connectivity index is 2.33. The Hall–Kier alpha value is -1.39. The number of anilines is 1. The SMILES string of the molecule is Cc1ccc(NC(=O)CNCCN(C)C)cc1C. The van der Waals surface area contributed by atoms with E-state index in [-0.39, 0.29) is 5.91 Å². The minimum Gasteiger partial charge on any atom is -0.325 e. The van der Waals surface area contributed by atoms with Crippen LogP contribution in [0.25, 0.3) is 0 Å². The molecule has 1 aromatic carbocycles. The Morgan fingerprint density at radius 1 is 1.22 bits per heavy atom. The van der Waals surface area contributed by atoms with Gasteiger partial charge in [-0.2, -0.15) is 0 Å². The van der Waals surface area contributed by atoms with E-state index >= 15 is 0 Å². The summed E-state index contributed by atoms with van der Waals surface area (Å²) >= 11 is 0. The van der Waals surface area contributed by atoms with Crippen LogP contribution in [-0.4, -0.2) is 44.5 Å². The van der Waals surface area contributed by atoms with Gasteiger partial charge in [0.15, 0.2) is 0 Å². The van der Waals surface area contributed by atoms with Crippen LogP contribution in [0.4, 0.5) is 5.69 Å². The van der Waals surface area contributed by atoms with Crippen molar-refractivity contribution >= 4 is 11.6 Å². The van der Waals surface area contributed by atoms with Crippen molar-refractivity contribution in [3.63, 3.8) is 0 Å². The minimum atomic E-state index is -0.00277. The van der Waals surface area contributed by atoms with Crippen molar-refractivity contribution in [2.45, 2.75) is 13.8 Å². The molecular weight excluding hydrogens is 226 g/mol. The topological polar surface area (TPSA) is 44.4 Å². The third-order valence-corrected chi connectivity index (χ3v) is 2.81. The molecule has 100 valence electrons. The molecule has 1 aromatic rings. The molecule has 0 unspecified atom stereocenters. The van der Waals surface area contributed by atoms with Gasteiger partial charge in [-0.3, -0.25) is 4.79 Å². The Kier molecular flexibility index (Phi) is 5.82. The summed E-state index contributed by atoms with van der Waals surface area (Å²) < 4.78 is 0. The first-order valence-corrected chi connectivity index (χ1v) is 6.21. The molecule has 0 aliphatic rings. The highest BCUT2D eigenvalue weighted by Gasteiger charge is 2.02. The van der Waals surface area contributed by atoms with E-state index in [1.165, 1.54) is 11.1 Å². The van der Waals surface area contributed by atoms with Gasteiger partial charge in [-0.05, 0) is 51.2 Å². The van der Waals surface area contributed by atoms with Crippen LogP contribution < -0.4 is 10.6 Å². The van der Waals surface area contributed by atoms with Crippen molar-refractivity contribution in [3.05, 3.63) is 29.3 Å². The summed E-state index contributed by atoms with van der Waals surface area (Å²) in [6, 6.07) is 5.94. The van der Waals surface area contributed by atoms with E-state index < -0.39 is 0 Å². The van der Waals surface area contributed by atoms with E-state index in [0.29, 0.717) is 6.54 Å². The molecule has 0 bridgehead atoms. The second-order valence-corrected chi connectivity index (χ2v) is 4.83. The lowest BCUT2D eigenvalue weighted by molar-refractivity contribution is -0.115. The molecule has 0 aliphatic carbocycles. The van der Waals surface area contributed by atoms with Gasteiger partial charge in [-0.15, -0.1) is 0 Å². The molecular formula is C14H23N3O. The average molecular weight is 249 g/mol. The number of nitrogens with zero attached hydrogens (tertiary/aromatic N) is 1. The Bertz CT molecular complexity index is 402. The summed E-state index contributed by atoms with van der Waals surface area (Å²) in [5.41, 5.74) is 3.28. The lowest BCUT2D eigenvalue weighted by Crippen LogP contribution is -2.33. The number of carbonyl (C=O) groups is 1. The quantitative estimate of drug-likeness (QED) is 0.749. The number of amides is 1. The maximum absolute atomic E-state index is 11.7. The van der Waals surface area contributed by atoms with Crippen LogP contribution in [0.1, 0.15) is 11.1 Å². The van der Waals surface area contributed by atoms with Crippen LogP contribution >= 0.6 is 0 Å². The zero-order valence-electron chi connectivity index (χ0n) is 11.7. The predicted molar refractivity (Wildman–Crippen MR) is 76.0 cm³/mol. The molecule has 0 aliphatic heterocycles. The van der Waals surface area contributed by atoms with Gasteiger partial charge in [0.25, 0.3) is 0 Å². The number of carbonyl (C=O) groups excluding carboxylic acids is 1. The lowest BCUT2D eigenvalue weighted by Gasteiger charge is -2.11. The highest BCUT2D eigenvalue weighted by Crippen LogP contribution is 2.13. The summed E-state index contributed by atoms with van der Waals surface area (Å²) in [6.07, 6.45) is 0. The summed E-state index contributed by atoms with van der Waals surface area (Å²) in [7, 11) is 4.02. The van der Waals surface area contributed by atoms with Gasteiger partial charge in [-0.25, -0.2) is 0 Å². The van der Waals surface area contributed by atoms with Gasteiger partial charge in [-0.1, -0.05) is 6.07 Å². The number of rotatable bonds is 6. The number of nitrogens with one attached hydrogen (secondary N) is 2. The normalized spacial score (nSPS) is 10.7. The number of benzene rings is 1. The van der Waals surface area contributed by atoms with Crippen molar-refractivity contribution in [3.8, 4) is 0 Å². The molecule has 18 heavy (non-hydrogen) atoms. The van der Waals surface area contributed by atoms with Gasteiger partial charge >= 0.3 is 0 Å². The van der Waals surface area contributed by atoms with Crippen LogP contribution in [0.5, 0.6) is 0 Å². The fourth-order valence-electron chi connectivity index (χ4n) is 1.53. The Morgan fingerprint density at radius 3 is 2.56 bits per heavy atom. The molecule has 0 aromatic heterocycles. The highest BCUT2D eigenvalue weighted by atomic mass is 16.1. The molecule has 0 atom stereocenters. The second kappa shape index (κ2) is 7.13. The second-order valence-electron chi connectivity index (χ2n) is 4.83. The van der Waals surface area contributed by atoms with Gasteiger partial charge in [0, 0.05) is 18.8 Å². The van der Waals surface area contributed by atoms with Crippen LogP contribution in [0.3, 0.4) is 0 Å². The zero-order valence-corrected chi connectivity index (χ0v) is 11.7. The molecule has 0 spiro atoms. The summed E-state index contributed by atoms with van der Waals surface area (Å²) in [4.78, 5) is 13.7. The summed E-state index contributed by atoms with van der Waals surface area (Å²) in [5.74, 6) is -0.00277. The maximum atomic E-state index is 11.7.